The van der Waals surface area contributed by atoms with E-state index in [0.717, 1.165) is 60.6 Å². The highest BCUT2D eigenvalue weighted by molar-refractivity contribution is 5.77. The molecule has 0 N–H and O–H groups in total. The minimum atomic E-state index is 0.115. The van der Waals surface area contributed by atoms with Crippen molar-refractivity contribution in [3.05, 3.63) is 46.8 Å². The number of hydrogen-bond donors (Lipinski definition) is 0. The van der Waals surface area contributed by atoms with Gasteiger partial charge in [0, 0.05) is 24.9 Å². The summed E-state index contributed by atoms with van der Waals surface area (Å²) in [4.78, 5) is 14.8. The predicted octanol–water partition coefficient (Wildman–Crippen LogP) is 3.85. The highest BCUT2D eigenvalue weighted by atomic mass is 16.5. The first kappa shape index (κ1) is 17.5. The summed E-state index contributed by atoms with van der Waals surface area (Å²) in [5, 5.41) is 4.11. The number of aryl methyl sites for hydroxylation is 3. The second-order valence-corrected chi connectivity index (χ2v) is 6.55. The molecule has 1 aromatic heterocycles. The van der Waals surface area contributed by atoms with Crippen molar-refractivity contribution in [2.45, 2.75) is 52.0 Å². The van der Waals surface area contributed by atoms with Crippen molar-refractivity contribution in [2.24, 2.45) is 0 Å². The minimum absolute atomic E-state index is 0.115. The third-order valence-electron chi connectivity index (χ3n) is 5.00. The molecule has 0 radical (unpaired) electrons. The fraction of sp³-hybridized carbons (Fsp3) is 0.500. The third kappa shape index (κ3) is 3.70. The molecule has 25 heavy (non-hydrogen) atoms. The Morgan fingerprint density at radius 1 is 1.36 bits per heavy atom. The van der Waals surface area contributed by atoms with Crippen LogP contribution in [-0.4, -0.2) is 29.6 Å². The van der Waals surface area contributed by atoms with Crippen LogP contribution in [0, 0.1) is 6.92 Å². The van der Waals surface area contributed by atoms with E-state index in [4.69, 9.17) is 9.26 Å². The monoisotopic (exact) mass is 342 g/mol. The Morgan fingerprint density at radius 3 is 2.80 bits per heavy atom. The van der Waals surface area contributed by atoms with Gasteiger partial charge in [-0.15, -0.1) is 0 Å². The molecule has 2 aromatic rings. The van der Waals surface area contributed by atoms with Gasteiger partial charge in [0.1, 0.15) is 11.5 Å². The van der Waals surface area contributed by atoms with Gasteiger partial charge in [0.15, 0.2) is 0 Å². The second-order valence-electron chi connectivity index (χ2n) is 6.55. The number of aromatic nitrogens is 1. The maximum atomic E-state index is 12.8. The van der Waals surface area contributed by atoms with Crippen LogP contribution in [0.15, 0.2) is 28.8 Å². The Morgan fingerprint density at radius 2 is 2.12 bits per heavy atom. The molecular formula is C20H26N2O3. The Hall–Kier alpha value is -2.30. The van der Waals surface area contributed by atoms with Crippen LogP contribution in [0.1, 0.15) is 54.8 Å². The maximum absolute atomic E-state index is 12.8. The first-order chi connectivity index (χ1) is 12.1. The molecule has 5 nitrogen and oxygen atoms in total. The molecular weight excluding hydrogens is 316 g/mol. The number of methoxy groups -OCH3 is 1. The van der Waals surface area contributed by atoms with Crippen molar-refractivity contribution in [1.82, 2.24) is 10.1 Å². The summed E-state index contributed by atoms with van der Waals surface area (Å²) in [6.07, 6.45) is 4.10. The number of ether oxygens (including phenoxy) is 1. The first-order valence-corrected chi connectivity index (χ1v) is 9.01. The van der Waals surface area contributed by atoms with Crippen molar-refractivity contribution in [1.29, 1.82) is 0 Å². The largest absolute Gasteiger partial charge is 0.497 e. The summed E-state index contributed by atoms with van der Waals surface area (Å²) < 4.78 is 10.6. The van der Waals surface area contributed by atoms with E-state index < -0.39 is 0 Å². The van der Waals surface area contributed by atoms with Crippen molar-refractivity contribution in [3.63, 3.8) is 0 Å². The van der Waals surface area contributed by atoms with E-state index in [1.165, 1.54) is 0 Å². The number of rotatable bonds is 6. The van der Waals surface area contributed by atoms with Crippen LogP contribution in [0.25, 0.3) is 0 Å². The lowest BCUT2D eigenvalue weighted by Crippen LogP contribution is -2.31. The lowest BCUT2D eigenvalue weighted by atomic mass is 10.0. The predicted molar refractivity (Wildman–Crippen MR) is 95.6 cm³/mol. The van der Waals surface area contributed by atoms with E-state index in [1.54, 1.807) is 7.11 Å². The van der Waals surface area contributed by atoms with Crippen LogP contribution in [0.2, 0.25) is 0 Å². The standard InChI is InChI=1S/C20H26N2O3/c1-4-18-20(14(2)21-25-18)17-6-5-13-22(17)19(23)12-9-15-7-10-16(24-3)11-8-15/h7-8,10-11,17H,4-6,9,12-13H2,1-3H3. The van der Waals surface area contributed by atoms with Crippen LogP contribution in [0.5, 0.6) is 5.75 Å². The molecule has 1 aromatic carbocycles. The number of amides is 1. The molecule has 1 aliphatic rings. The number of carbonyl (C=O) groups is 1. The molecule has 1 unspecified atom stereocenters. The maximum Gasteiger partial charge on any atom is 0.223 e. The first-order valence-electron chi connectivity index (χ1n) is 9.01. The van der Waals surface area contributed by atoms with Gasteiger partial charge in [0.2, 0.25) is 5.91 Å². The molecule has 1 fully saturated rings. The van der Waals surface area contributed by atoms with Crippen molar-refractivity contribution in [2.75, 3.05) is 13.7 Å². The number of carbonyl (C=O) groups excluding carboxylic acids is 1. The van der Waals surface area contributed by atoms with Gasteiger partial charge in [-0.25, -0.2) is 0 Å². The average Bonchev–Trinajstić information content (AvgIpc) is 3.25. The zero-order valence-corrected chi connectivity index (χ0v) is 15.2. The number of benzene rings is 1. The van der Waals surface area contributed by atoms with Crippen LogP contribution >= 0.6 is 0 Å². The molecule has 0 aliphatic carbocycles. The fourth-order valence-electron chi connectivity index (χ4n) is 3.66. The van der Waals surface area contributed by atoms with E-state index in [0.29, 0.717) is 6.42 Å². The SMILES string of the molecule is CCc1onc(C)c1C1CCCN1C(=O)CCc1ccc(OC)cc1. The van der Waals surface area contributed by atoms with Crippen LogP contribution in [-0.2, 0) is 17.6 Å². The normalized spacial score (nSPS) is 17.1. The van der Waals surface area contributed by atoms with Gasteiger partial charge in [0.05, 0.1) is 18.8 Å². The second kappa shape index (κ2) is 7.72. The Kier molecular flexibility index (Phi) is 5.41. The summed E-state index contributed by atoms with van der Waals surface area (Å²) in [5.74, 6) is 1.96. The van der Waals surface area contributed by atoms with E-state index >= 15 is 0 Å². The molecule has 0 saturated carbocycles. The molecule has 0 bridgehead atoms. The van der Waals surface area contributed by atoms with Crippen molar-refractivity contribution in [3.8, 4) is 5.75 Å². The molecule has 3 rings (SSSR count). The molecule has 1 amide bonds. The Balaban J connectivity index is 1.67. The molecule has 1 aliphatic heterocycles. The van der Waals surface area contributed by atoms with Gasteiger partial charge >= 0.3 is 0 Å². The summed E-state index contributed by atoms with van der Waals surface area (Å²) >= 11 is 0. The zero-order chi connectivity index (χ0) is 17.8. The van der Waals surface area contributed by atoms with Gasteiger partial charge in [-0.2, -0.15) is 0 Å². The molecule has 2 heterocycles. The number of nitrogens with zero attached hydrogens (tertiary/aromatic N) is 2. The van der Waals surface area contributed by atoms with Gasteiger partial charge in [0.25, 0.3) is 0 Å². The quantitative estimate of drug-likeness (QED) is 0.800. The Bertz CT molecular complexity index is 721. The lowest BCUT2D eigenvalue weighted by molar-refractivity contribution is -0.132. The van der Waals surface area contributed by atoms with E-state index in [9.17, 15) is 4.79 Å². The topological polar surface area (TPSA) is 55.6 Å². The van der Waals surface area contributed by atoms with Gasteiger partial charge in [-0.3, -0.25) is 4.79 Å². The molecule has 1 atom stereocenters. The highest BCUT2D eigenvalue weighted by Crippen LogP contribution is 2.36. The number of hydrogen-bond acceptors (Lipinski definition) is 4. The van der Waals surface area contributed by atoms with Crippen LogP contribution < -0.4 is 4.74 Å². The van der Waals surface area contributed by atoms with Crippen molar-refractivity contribution >= 4 is 5.91 Å². The van der Waals surface area contributed by atoms with E-state index in [2.05, 4.69) is 12.1 Å². The molecule has 0 spiro atoms. The molecule has 5 heteroatoms. The summed E-state index contributed by atoms with van der Waals surface area (Å²) in [6, 6.07) is 8.03. The molecule has 1 saturated heterocycles. The van der Waals surface area contributed by atoms with Gasteiger partial charge in [-0.05, 0) is 43.9 Å². The van der Waals surface area contributed by atoms with Crippen LogP contribution in [0.3, 0.4) is 0 Å². The molecule has 134 valence electrons. The summed E-state index contributed by atoms with van der Waals surface area (Å²) in [5.41, 5.74) is 3.19. The smallest absolute Gasteiger partial charge is 0.223 e. The fourth-order valence-corrected chi connectivity index (χ4v) is 3.66. The lowest BCUT2D eigenvalue weighted by Gasteiger charge is -2.25. The van der Waals surface area contributed by atoms with Gasteiger partial charge < -0.3 is 14.2 Å². The zero-order valence-electron chi connectivity index (χ0n) is 15.2. The summed E-state index contributed by atoms with van der Waals surface area (Å²) in [6.45, 7) is 4.85. The minimum Gasteiger partial charge on any atom is -0.497 e. The van der Waals surface area contributed by atoms with Gasteiger partial charge in [-0.1, -0.05) is 24.2 Å². The number of likely N-dealkylation sites (tertiary alicyclic amines) is 1. The highest BCUT2D eigenvalue weighted by Gasteiger charge is 2.33. The average molecular weight is 342 g/mol. The Labute approximate surface area is 148 Å². The van der Waals surface area contributed by atoms with E-state index in [1.807, 2.05) is 36.1 Å². The van der Waals surface area contributed by atoms with E-state index in [-0.39, 0.29) is 11.9 Å². The summed E-state index contributed by atoms with van der Waals surface area (Å²) in [7, 11) is 1.66. The van der Waals surface area contributed by atoms with Crippen LogP contribution in [0.4, 0.5) is 0 Å². The third-order valence-corrected chi connectivity index (χ3v) is 5.00. The van der Waals surface area contributed by atoms with Crippen molar-refractivity contribution < 1.29 is 14.1 Å².